The summed E-state index contributed by atoms with van der Waals surface area (Å²) in [4.78, 5) is 12.7. The highest BCUT2D eigenvalue weighted by atomic mass is 16.5. The van der Waals surface area contributed by atoms with E-state index >= 15 is 0 Å². The molecule has 8 nitrogen and oxygen atoms in total. The van der Waals surface area contributed by atoms with Crippen LogP contribution in [0.1, 0.15) is 18.2 Å². The van der Waals surface area contributed by atoms with Crippen molar-refractivity contribution in [2.45, 2.75) is 31.4 Å². The number of benzene rings is 1. The summed E-state index contributed by atoms with van der Waals surface area (Å²) in [5.41, 5.74) is 0.0322. The van der Waals surface area contributed by atoms with E-state index < -0.39 is 24.1 Å². The van der Waals surface area contributed by atoms with Crippen molar-refractivity contribution < 1.29 is 20.1 Å². The summed E-state index contributed by atoms with van der Waals surface area (Å²) < 4.78 is 7.99. The lowest BCUT2D eigenvalue weighted by Crippen LogP contribution is -2.40. The van der Waals surface area contributed by atoms with Crippen LogP contribution in [0.15, 0.2) is 41.3 Å². The Kier molecular flexibility index (Phi) is 4.52. The summed E-state index contributed by atoms with van der Waals surface area (Å²) in [6.45, 7) is -0.287. The van der Waals surface area contributed by atoms with Gasteiger partial charge in [-0.25, -0.2) is 4.79 Å². The number of aromatic hydroxyl groups is 1. The molecule has 1 aliphatic heterocycles. The summed E-state index contributed by atoms with van der Waals surface area (Å²) >= 11 is 0. The molecule has 0 unspecified atom stereocenters. The van der Waals surface area contributed by atoms with Crippen LogP contribution in [0.3, 0.4) is 0 Å². The quantitative estimate of drug-likeness (QED) is 0.602. The zero-order chi connectivity index (χ0) is 17.3. The molecule has 2 heterocycles. The van der Waals surface area contributed by atoms with Crippen molar-refractivity contribution in [3.8, 4) is 5.75 Å². The highest BCUT2D eigenvalue weighted by molar-refractivity contribution is 5.31. The lowest BCUT2D eigenvalue weighted by Gasteiger charge is -2.17. The first-order valence-corrected chi connectivity index (χ1v) is 7.59. The second-order valence-corrected chi connectivity index (χ2v) is 5.72. The molecule has 0 aliphatic carbocycles. The van der Waals surface area contributed by atoms with Gasteiger partial charge in [-0.15, -0.1) is 0 Å². The average molecular weight is 333 g/mol. The molecule has 0 saturated carbocycles. The number of phenolic OH excluding ortho intramolecular Hbond substituents is 1. The maximum atomic E-state index is 12.7. The van der Waals surface area contributed by atoms with Gasteiger partial charge in [0, 0.05) is 18.2 Å². The van der Waals surface area contributed by atoms with Gasteiger partial charge in [-0.2, -0.15) is 0 Å². The third-order valence-corrected chi connectivity index (χ3v) is 4.15. The minimum atomic E-state index is -0.853. The van der Waals surface area contributed by atoms with Gasteiger partial charge < -0.3 is 20.1 Å². The number of ether oxygens (including phenoxy) is 1. The van der Waals surface area contributed by atoms with Gasteiger partial charge in [-0.05, 0) is 12.1 Å². The number of phenols is 1. The molecule has 24 heavy (non-hydrogen) atoms. The van der Waals surface area contributed by atoms with Crippen LogP contribution in [0, 0.1) is 5.41 Å². The monoisotopic (exact) mass is 333 g/mol. The van der Waals surface area contributed by atoms with Crippen molar-refractivity contribution in [1.82, 2.24) is 9.13 Å². The van der Waals surface area contributed by atoms with E-state index in [9.17, 15) is 15.0 Å². The van der Waals surface area contributed by atoms with Gasteiger partial charge in [0.1, 0.15) is 23.6 Å². The second-order valence-electron chi connectivity index (χ2n) is 5.72. The molecule has 2 aromatic rings. The van der Waals surface area contributed by atoms with E-state index in [1.165, 1.54) is 27.5 Å². The Balaban J connectivity index is 1.96. The van der Waals surface area contributed by atoms with E-state index in [2.05, 4.69) is 0 Å². The van der Waals surface area contributed by atoms with Gasteiger partial charge in [0.2, 0.25) is 0 Å². The lowest BCUT2D eigenvalue weighted by molar-refractivity contribution is -0.0463. The van der Waals surface area contributed by atoms with E-state index in [0.29, 0.717) is 5.56 Å². The van der Waals surface area contributed by atoms with E-state index in [-0.39, 0.29) is 30.8 Å². The Hall–Kier alpha value is -2.42. The predicted octanol–water partition coefficient (Wildman–Crippen LogP) is -0.476. The first-order valence-electron chi connectivity index (χ1n) is 7.59. The molecule has 8 heteroatoms. The number of rotatable bonds is 4. The number of nitrogens with zero attached hydrogens (tertiary/aromatic N) is 2. The van der Waals surface area contributed by atoms with Gasteiger partial charge >= 0.3 is 5.69 Å². The number of aliphatic hydroxyl groups excluding tert-OH is 2. The molecular formula is C16H19N3O5. The molecule has 0 bridgehead atoms. The van der Waals surface area contributed by atoms with Gasteiger partial charge in [0.15, 0.2) is 0 Å². The Morgan fingerprint density at radius 1 is 1.29 bits per heavy atom. The van der Waals surface area contributed by atoms with Crippen LogP contribution in [-0.2, 0) is 11.3 Å². The first-order chi connectivity index (χ1) is 11.5. The van der Waals surface area contributed by atoms with Crippen molar-refractivity contribution in [3.05, 3.63) is 58.1 Å². The Bertz CT molecular complexity index is 844. The molecule has 0 amide bonds. The molecule has 0 radical (unpaired) electrons. The van der Waals surface area contributed by atoms with Gasteiger partial charge in [0.05, 0.1) is 19.3 Å². The summed E-state index contributed by atoms with van der Waals surface area (Å²) in [5.74, 6) is 0.0482. The summed E-state index contributed by atoms with van der Waals surface area (Å²) in [6.07, 6.45) is -0.679. The van der Waals surface area contributed by atoms with Crippen molar-refractivity contribution >= 4 is 0 Å². The molecule has 1 aromatic heterocycles. The molecule has 3 atom stereocenters. The number of para-hydroxylation sites is 1. The first kappa shape index (κ1) is 16.4. The standard InChI is InChI=1S/C16H19N3O5/c17-14-5-6-18(15-7-12(22)13(9-20)24-15)16(23)19(14)8-10-3-1-2-4-11(10)21/h1-6,12-13,15,17,20-22H,7-9H2/t12-,13+,15+/m0/s1. The molecule has 0 spiro atoms. The van der Waals surface area contributed by atoms with Gasteiger partial charge in [-0.1, -0.05) is 18.2 Å². The van der Waals surface area contributed by atoms with Crippen LogP contribution in [0.4, 0.5) is 0 Å². The molecule has 1 aromatic carbocycles. The van der Waals surface area contributed by atoms with Gasteiger partial charge in [0.25, 0.3) is 0 Å². The van der Waals surface area contributed by atoms with Crippen LogP contribution >= 0.6 is 0 Å². The fourth-order valence-corrected chi connectivity index (χ4v) is 2.78. The normalized spacial score (nSPS) is 23.5. The summed E-state index contributed by atoms with van der Waals surface area (Å²) in [5, 5.41) is 36.8. The van der Waals surface area contributed by atoms with Crippen molar-refractivity contribution in [1.29, 1.82) is 5.41 Å². The Labute approximate surface area is 137 Å². The average Bonchev–Trinajstić information content (AvgIpc) is 2.93. The zero-order valence-electron chi connectivity index (χ0n) is 12.9. The fourth-order valence-electron chi connectivity index (χ4n) is 2.78. The molecule has 1 saturated heterocycles. The highest BCUT2D eigenvalue weighted by Gasteiger charge is 2.35. The van der Waals surface area contributed by atoms with Crippen LogP contribution in [0.25, 0.3) is 0 Å². The van der Waals surface area contributed by atoms with Gasteiger partial charge in [-0.3, -0.25) is 14.5 Å². The SMILES string of the molecule is N=c1ccn([C@H]2C[C@H](O)[C@@H](CO)O2)c(=O)n1Cc1ccccc1O. The third-order valence-electron chi connectivity index (χ3n) is 4.15. The lowest BCUT2D eigenvalue weighted by atomic mass is 10.2. The minimum Gasteiger partial charge on any atom is -0.508 e. The zero-order valence-corrected chi connectivity index (χ0v) is 12.9. The minimum absolute atomic E-state index is 0.00300. The molecule has 4 N–H and O–H groups in total. The fraction of sp³-hybridized carbons (Fsp3) is 0.375. The summed E-state index contributed by atoms with van der Waals surface area (Å²) in [6, 6.07) is 8.06. The summed E-state index contributed by atoms with van der Waals surface area (Å²) in [7, 11) is 0. The van der Waals surface area contributed by atoms with E-state index in [0.717, 1.165) is 0 Å². The maximum absolute atomic E-state index is 12.7. The number of nitrogens with one attached hydrogen (secondary N) is 1. The number of aromatic nitrogens is 2. The van der Waals surface area contributed by atoms with Crippen molar-refractivity contribution in [2.75, 3.05) is 6.61 Å². The van der Waals surface area contributed by atoms with Crippen molar-refractivity contribution in [2.24, 2.45) is 0 Å². The van der Waals surface area contributed by atoms with Crippen LogP contribution in [0.5, 0.6) is 5.75 Å². The molecule has 1 aliphatic rings. The Morgan fingerprint density at radius 2 is 2.04 bits per heavy atom. The van der Waals surface area contributed by atoms with Crippen LogP contribution in [0.2, 0.25) is 0 Å². The molecule has 3 rings (SSSR count). The second kappa shape index (κ2) is 6.60. The smallest absolute Gasteiger partial charge is 0.332 e. The molecule has 1 fully saturated rings. The van der Waals surface area contributed by atoms with Crippen LogP contribution in [-0.4, -0.2) is 43.3 Å². The van der Waals surface area contributed by atoms with Crippen molar-refractivity contribution in [3.63, 3.8) is 0 Å². The number of hydrogen-bond acceptors (Lipinski definition) is 6. The molecule has 128 valence electrons. The number of aliphatic hydroxyl groups is 2. The molecular weight excluding hydrogens is 314 g/mol. The van der Waals surface area contributed by atoms with Crippen LogP contribution < -0.4 is 11.2 Å². The third kappa shape index (κ3) is 2.99. The predicted molar refractivity (Wildman–Crippen MR) is 83.4 cm³/mol. The van der Waals surface area contributed by atoms with E-state index in [4.69, 9.17) is 15.3 Å². The number of hydrogen-bond donors (Lipinski definition) is 4. The largest absolute Gasteiger partial charge is 0.508 e. The maximum Gasteiger partial charge on any atom is 0.332 e. The van der Waals surface area contributed by atoms with E-state index in [1.54, 1.807) is 18.2 Å². The Morgan fingerprint density at radius 3 is 2.71 bits per heavy atom. The van der Waals surface area contributed by atoms with E-state index in [1.807, 2.05) is 0 Å². The topological polar surface area (TPSA) is 121 Å². The highest BCUT2D eigenvalue weighted by Crippen LogP contribution is 2.27.